The molecule has 0 aromatic heterocycles. The molecule has 0 fully saturated rings. The van der Waals surface area contributed by atoms with Crippen molar-refractivity contribution in [1.82, 2.24) is 9.80 Å². The molecule has 2 N–H and O–H groups in total. The van der Waals surface area contributed by atoms with Crippen LogP contribution in [0.2, 0.25) is 0 Å². The van der Waals surface area contributed by atoms with E-state index in [4.69, 9.17) is 10.2 Å². The summed E-state index contributed by atoms with van der Waals surface area (Å²) in [6, 6.07) is 0. The van der Waals surface area contributed by atoms with Gasteiger partial charge in [0.15, 0.2) is 0 Å². The Balaban J connectivity index is -0.000000886. The number of rotatable bonds is 34. The summed E-state index contributed by atoms with van der Waals surface area (Å²) in [6.07, 6.45) is 42.3. The molecule has 0 radical (unpaired) electrons. The molecular formula is C42H78N2O6Zn. The Kier molecular flexibility index (Phi) is 44.3. The van der Waals surface area contributed by atoms with Crippen molar-refractivity contribution in [2.45, 2.75) is 194 Å². The van der Waals surface area contributed by atoms with Gasteiger partial charge in [0, 0.05) is 46.4 Å². The minimum absolute atomic E-state index is 0. The first kappa shape index (κ1) is 53.3. The number of hydrogen-bond acceptors (Lipinski definition) is 4. The number of unbranched alkanes of at least 4 members (excludes halogenated alkanes) is 22. The number of carboxylic acids is 2. The van der Waals surface area contributed by atoms with E-state index in [9.17, 15) is 19.2 Å². The van der Waals surface area contributed by atoms with E-state index in [2.05, 4.69) is 38.2 Å². The molecular weight excluding hydrogens is 694 g/mol. The molecule has 2 amide bonds. The van der Waals surface area contributed by atoms with Gasteiger partial charge >= 0.3 is 11.9 Å². The molecule has 0 aliphatic carbocycles. The summed E-state index contributed by atoms with van der Waals surface area (Å²) in [5.74, 6) is -2.05. The minimum atomic E-state index is -0.958. The zero-order valence-electron chi connectivity index (χ0n) is 33.7. The zero-order chi connectivity index (χ0) is 37.5. The number of likely N-dealkylation sites (N-methyl/N-ethyl adjacent to an activating group) is 2. The van der Waals surface area contributed by atoms with Crippen molar-refractivity contribution in [3.05, 3.63) is 24.3 Å². The number of amides is 2. The molecule has 0 bridgehead atoms. The maximum absolute atomic E-state index is 11.7. The molecule has 0 aromatic carbocycles. The first-order chi connectivity index (χ1) is 24.1. The maximum atomic E-state index is 11.7. The average molecular weight is 772 g/mol. The van der Waals surface area contributed by atoms with Gasteiger partial charge in [0.25, 0.3) is 0 Å². The van der Waals surface area contributed by atoms with Crippen LogP contribution in [0.15, 0.2) is 24.3 Å². The van der Waals surface area contributed by atoms with Crippen LogP contribution in [-0.4, -0.2) is 71.0 Å². The molecule has 0 aliphatic rings. The number of nitrogens with zero attached hydrogens (tertiary/aromatic N) is 2. The van der Waals surface area contributed by atoms with Crippen molar-refractivity contribution in [2.75, 3.05) is 27.2 Å². The van der Waals surface area contributed by atoms with E-state index in [0.717, 1.165) is 51.4 Å². The van der Waals surface area contributed by atoms with Crippen LogP contribution in [0, 0.1) is 0 Å². The number of allylic oxidation sites excluding steroid dienone is 4. The van der Waals surface area contributed by atoms with Crippen LogP contribution in [0.5, 0.6) is 0 Å². The van der Waals surface area contributed by atoms with E-state index >= 15 is 0 Å². The van der Waals surface area contributed by atoms with Crippen molar-refractivity contribution in [2.24, 2.45) is 0 Å². The Morgan fingerprint density at radius 3 is 0.902 bits per heavy atom. The fourth-order valence-corrected chi connectivity index (χ4v) is 5.66. The standard InChI is InChI=1S/2C21H39NO3.Zn/c2*1-3-4-5-6-7-8-9-10-11-12-13-14-15-16-17-18-20(23)22(2)19-21(24)25;/h2*10-11H,3-9,12-19H2,1-2H3,(H,24,25);/b2*11-10-;. The molecule has 0 spiro atoms. The Morgan fingerprint density at radius 2 is 0.647 bits per heavy atom. The third-order valence-corrected chi connectivity index (χ3v) is 8.90. The summed E-state index contributed by atoms with van der Waals surface area (Å²) in [5, 5.41) is 17.3. The van der Waals surface area contributed by atoms with Crippen LogP contribution in [0.25, 0.3) is 0 Å². The van der Waals surface area contributed by atoms with Crippen molar-refractivity contribution >= 4 is 23.8 Å². The molecule has 0 unspecified atom stereocenters. The number of hydrogen-bond donors (Lipinski definition) is 2. The third-order valence-electron chi connectivity index (χ3n) is 8.90. The second-order valence-corrected chi connectivity index (χ2v) is 14.0. The Morgan fingerprint density at radius 1 is 0.412 bits per heavy atom. The Labute approximate surface area is 326 Å². The van der Waals surface area contributed by atoms with Crippen LogP contribution in [0.1, 0.15) is 194 Å². The Bertz CT molecular complexity index is 809. The van der Waals surface area contributed by atoms with Gasteiger partial charge in [-0.3, -0.25) is 19.2 Å². The molecule has 51 heavy (non-hydrogen) atoms. The summed E-state index contributed by atoms with van der Waals surface area (Å²) in [7, 11) is 3.10. The molecule has 9 heteroatoms. The van der Waals surface area contributed by atoms with Crippen molar-refractivity contribution in [1.29, 1.82) is 0 Å². The number of carboxylic acid groups (broad SMARTS) is 2. The van der Waals surface area contributed by atoms with E-state index in [0.29, 0.717) is 12.8 Å². The van der Waals surface area contributed by atoms with Gasteiger partial charge in [-0.05, 0) is 64.2 Å². The Hall–Kier alpha value is -2.02. The molecule has 0 aromatic rings. The van der Waals surface area contributed by atoms with Crippen molar-refractivity contribution in [3.8, 4) is 0 Å². The second-order valence-electron chi connectivity index (χ2n) is 14.0. The van der Waals surface area contributed by atoms with Crippen LogP contribution < -0.4 is 0 Å². The normalized spacial score (nSPS) is 10.9. The molecule has 0 saturated heterocycles. The molecule has 8 nitrogen and oxygen atoms in total. The minimum Gasteiger partial charge on any atom is -0.480 e. The predicted molar refractivity (Wildman–Crippen MR) is 209 cm³/mol. The van der Waals surface area contributed by atoms with Crippen molar-refractivity contribution < 1.29 is 48.9 Å². The first-order valence-corrected chi connectivity index (χ1v) is 20.4. The summed E-state index contributed by atoms with van der Waals surface area (Å²) < 4.78 is 0. The predicted octanol–water partition coefficient (Wildman–Crippen LogP) is 11.1. The average Bonchev–Trinajstić information content (AvgIpc) is 3.07. The van der Waals surface area contributed by atoms with Gasteiger partial charge in [0.2, 0.25) is 11.8 Å². The summed E-state index contributed by atoms with van der Waals surface area (Å²) in [6.45, 7) is 4.10. The van der Waals surface area contributed by atoms with Gasteiger partial charge in [-0.15, -0.1) is 0 Å². The van der Waals surface area contributed by atoms with E-state index in [-0.39, 0.29) is 44.4 Å². The van der Waals surface area contributed by atoms with Gasteiger partial charge in [-0.25, -0.2) is 0 Å². The van der Waals surface area contributed by atoms with Gasteiger partial charge in [-0.1, -0.05) is 141 Å². The number of carbonyl (C=O) groups excluding carboxylic acids is 2. The summed E-state index contributed by atoms with van der Waals surface area (Å²) in [5.41, 5.74) is 0. The maximum Gasteiger partial charge on any atom is 0.323 e. The van der Waals surface area contributed by atoms with E-state index < -0.39 is 11.9 Å². The SMILES string of the molecule is CCCCCCCC/C=C\CCCCCCCC(=O)N(C)CC(=O)O.CCCCCCCC/C=C\CCCCCCCC(=O)N(C)CC(=O)O.[Zn]. The first-order valence-electron chi connectivity index (χ1n) is 20.4. The second kappa shape index (κ2) is 42.4. The van der Waals surface area contributed by atoms with Gasteiger partial charge < -0.3 is 20.0 Å². The topological polar surface area (TPSA) is 115 Å². The third kappa shape index (κ3) is 44.1. The fourth-order valence-electron chi connectivity index (χ4n) is 5.66. The van der Waals surface area contributed by atoms with Crippen LogP contribution in [-0.2, 0) is 38.7 Å². The molecule has 0 rings (SSSR count). The quantitative estimate of drug-likeness (QED) is 0.0382. The number of aliphatic carboxylic acids is 2. The molecule has 294 valence electrons. The summed E-state index contributed by atoms with van der Waals surface area (Å²) in [4.78, 5) is 47.0. The van der Waals surface area contributed by atoms with Gasteiger partial charge in [-0.2, -0.15) is 0 Å². The van der Waals surface area contributed by atoms with Crippen LogP contribution in [0.4, 0.5) is 0 Å². The van der Waals surface area contributed by atoms with Gasteiger partial charge in [0.05, 0.1) is 0 Å². The van der Waals surface area contributed by atoms with E-state index in [1.165, 1.54) is 125 Å². The van der Waals surface area contributed by atoms with Gasteiger partial charge in [0.1, 0.15) is 13.1 Å². The molecule has 0 saturated carbocycles. The largest absolute Gasteiger partial charge is 0.480 e. The van der Waals surface area contributed by atoms with E-state index in [1.54, 1.807) is 14.1 Å². The molecule has 0 atom stereocenters. The summed E-state index contributed by atoms with van der Waals surface area (Å²) >= 11 is 0. The van der Waals surface area contributed by atoms with E-state index in [1.807, 2.05) is 0 Å². The molecule has 0 aliphatic heterocycles. The zero-order valence-corrected chi connectivity index (χ0v) is 36.6. The van der Waals surface area contributed by atoms with Crippen LogP contribution in [0.3, 0.4) is 0 Å². The monoisotopic (exact) mass is 771 g/mol. The number of carbonyl (C=O) groups is 4. The van der Waals surface area contributed by atoms with Crippen molar-refractivity contribution in [3.63, 3.8) is 0 Å². The fraction of sp³-hybridized carbons (Fsp3) is 0.810. The molecule has 0 heterocycles. The van der Waals surface area contributed by atoms with Crippen LogP contribution >= 0.6 is 0 Å². The smallest absolute Gasteiger partial charge is 0.323 e.